The number of rotatable bonds is 5. The molecule has 0 heterocycles. The Kier molecular flexibility index (Phi) is 7.13. The fourth-order valence-corrected chi connectivity index (χ4v) is 2.73. The van der Waals surface area contributed by atoms with E-state index in [-0.39, 0.29) is 5.56 Å². The Morgan fingerprint density at radius 2 is 1.58 bits per heavy atom. The lowest BCUT2D eigenvalue weighted by atomic mass is 10.2. The Morgan fingerprint density at radius 3 is 2.29 bits per heavy atom. The zero-order valence-corrected chi connectivity index (χ0v) is 17.2. The number of aryl methyl sites for hydroxylation is 1. The number of hydrazone groups is 1. The maximum Gasteiger partial charge on any atom is 0.345 e. The SMILES string of the molecule is Cc1ccccc1NC(=O)C(=O)N/N=C\c1ccc(OC(=O)c2ccccc2Cl)cc1. The molecule has 0 saturated carbocycles. The molecule has 0 fully saturated rings. The smallest absolute Gasteiger partial charge is 0.345 e. The van der Waals surface area contributed by atoms with Crippen molar-refractivity contribution in [1.82, 2.24) is 5.43 Å². The van der Waals surface area contributed by atoms with Crippen molar-refractivity contribution < 1.29 is 19.1 Å². The molecule has 7 nitrogen and oxygen atoms in total. The van der Waals surface area contributed by atoms with Gasteiger partial charge in [-0.1, -0.05) is 41.9 Å². The van der Waals surface area contributed by atoms with Gasteiger partial charge in [-0.2, -0.15) is 5.10 Å². The quantitative estimate of drug-likeness (QED) is 0.208. The Bertz CT molecular complexity index is 1140. The predicted octanol–water partition coefficient (Wildman–Crippen LogP) is 3.96. The van der Waals surface area contributed by atoms with Crippen molar-refractivity contribution in [2.75, 3.05) is 5.32 Å². The van der Waals surface area contributed by atoms with Gasteiger partial charge in [-0.25, -0.2) is 10.2 Å². The largest absolute Gasteiger partial charge is 0.423 e. The van der Waals surface area contributed by atoms with E-state index in [2.05, 4.69) is 15.8 Å². The molecule has 0 atom stereocenters. The molecule has 0 bridgehead atoms. The van der Waals surface area contributed by atoms with Crippen LogP contribution in [0, 0.1) is 6.92 Å². The van der Waals surface area contributed by atoms with Crippen molar-refractivity contribution >= 4 is 41.3 Å². The van der Waals surface area contributed by atoms with Crippen molar-refractivity contribution in [3.05, 3.63) is 94.5 Å². The van der Waals surface area contributed by atoms with Gasteiger partial charge < -0.3 is 10.1 Å². The van der Waals surface area contributed by atoms with Gasteiger partial charge in [0, 0.05) is 5.69 Å². The molecular weight excluding hydrogens is 418 g/mol. The number of ether oxygens (including phenoxy) is 1. The molecule has 2 amide bonds. The van der Waals surface area contributed by atoms with Crippen LogP contribution in [0.3, 0.4) is 0 Å². The minimum absolute atomic E-state index is 0.265. The number of carbonyl (C=O) groups is 3. The van der Waals surface area contributed by atoms with Gasteiger partial charge in [0.2, 0.25) is 0 Å². The van der Waals surface area contributed by atoms with Crippen LogP contribution in [0.25, 0.3) is 0 Å². The molecule has 2 N–H and O–H groups in total. The van der Waals surface area contributed by atoms with Crippen LogP contribution in [0.5, 0.6) is 5.75 Å². The first-order valence-electron chi connectivity index (χ1n) is 9.21. The predicted molar refractivity (Wildman–Crippen MR) is 118 cm³/mol. The molecule has 3 aromatic rings. The number of esters is 1. The number of carbonyl (C=O) groups excluding carboxylic acids is 3. The summed E-state index contributed by atoms with van der Waals surface area (Å²) in [5.74, 6) is -1.97. The number of amides is 2. The molecule has 8 heteroatoms. The first kappa shape index (κ1) is 21.7. The van der Waals surface area contributed by atoms with Crippen LogP contribution in [0.2, 0.25) is 5.02 Å². The fourth-order valence-electron chi connectivity index (χ4n) is 2.52. The van der Waals surface area contributed by atoms with Gasteiger partial charge in [-0.15, -0.1) is 0 Å². The molecule has 0 unspecified atom stereocenters. The first-order valence-corrected chi connectivity index (χ1v) is 9.58. The van der Waals surface area contributed by atoms with Gasteiger partial charge in [-0.3, -0.25) is 9.59 Å². The van der Waals surface area contributed by atoms with Gasteiger partial charge in [0.15, 0.2) is 0 Å². The zero-order chi connectivity index (χ0) is 22.2. The van der Waals surface area contributed by atoms with E-state index in [1.807, 2.05) is 19.1 Å². The lowest BCUT2D eigenvalue weighted by Gasteiger charge is -2.06. The van der Waals surface area contributed by atoms with Gasteiger partial charge >= 0.3 is 17.8 Å². The highest BCUT2D eigenvalue weighted by atomic mass is 35.5. The number of benzene rings is 3. The summed E-state index contributed by atoms with van der Waals surface area (Å²) in [7, 11) is 0. The van der Waals surface area contributed by atoms with E-state index in [4.69, 9.17) is 16.3 Å². The van der Waals surface area contributed by atoms with Crippen molar-refractivity contribution in [2.24, 2.45) is 5.10 Å². The van der Waals surface area contributed by atoms with Crippen LogP contribution in [-0.2, 0) is 9.59 Å². The summed E-state index contributed by atoms with van der Waals surface area (Å²) in [4.78, 5) is 36.0. The van der Waals surface area contributed by atoms with Crippen LogP contribution in [0.1, 0.15) is 21.5 Å². The molecule has 0 aliphatic carbocycles. The highest BCUT2D eigenvalue weighted by molar-refractivity contribution is 6.39. The zero-order valence-electron chi connectivity index (χ0n) is 16.5. The average Bonchev–Trinajstić information content (AvgIpc) is 2.76. The Morgan fingerprint density at radius 1 is 0.903 bits per heavy atom. The number of para-hydroxylation sites is 1. The topological polar surface area (TPSA) is 96.9 Å². The van der Waals surface area contributed by atoms with Crippen LogP contribution in [-0.4, -0.2) is 24.0 Å². The normalized spacial score (nSPS) is 10.5. The first-order chi connectivity index (χ1) is 14.9. The molecule has 0 aromatic heterocycles. The van der Waals surface area contributed by atoms with E-state index in [9.17, 15) is 14.4 Å². The monoisotopic (exact) mass is 435 g/mol. The summed E-state index contributed by atoms with van der Waals surface area (Å²) in [5.41, 5.74) is 4.44. The minimum Gasteiger partial charge on any atom is -0.423 e. The number of nitrogens with zero attached hydrogens (tertiary/aromatic N) is 1. The highest BCUT2D eigenvalue weighted by Gasteiger charge is 2.14. The van der Waals surface area contributed by atoms with Gasteiger partial charge in [0.05, 0.1) is 16.8 Å². The van der Waals surface area contributed by atoms with Gasteiger partial charge in [0.1, 0.15) is 5.75 Å². The van der Waals surface area contributed by atoms with E-state index in [0.717, 1.165) is 5.56 Å². The number of nitrogens with one attached hydrogen (secondary N) is 2. The molecular formula is C23H18ClN3O4. The molecule has 0 saturated heterocycles. The van der Waals surface area contributed by atoms with Crippen molar-refractivity contribution in [1.29, 1.82) is 0 Å². The van der Waals surface area contributed by atoms with Crippen molar-refractivity contribution in [3.63, 3.8) is 0 Å². The average molecular weight is 436 g/mol. The van der Waals surface area contributed by atoms with E-state index in [1.165, 1.54) is 6.21 Å². The Hall–Kier alpha value is -3.97. The highest BCUT2D eigenvalue weighted by Crippen LogP contribution is 2.19. The maximum atomic E-state index is 12.2. The number of anilines is 1. The fraction of sp³-hybridized carbons (Fsp3) is 0.0435. The molecule has 0 spiro atoms. The molecule has 0 aliphatic heterocycles. The lowest BCUT2D eigenvalue weighted by Crippen LogP contribution is -2.32. The van der Waals surface area contributed by atoms with Crippen LogP contribution in [0.15, 0.2) is 77.9 Å². The van der Waals surface area contributed by atoms with E-state index >= 15 is 0 Å². The molecule has 156 valence electrons. The second-order valence-corrected chi connectivity index (χ2v) is 6.81. The molecule has 3 aromatic carbocycles. The Labute approximate surface area is 183 Å². The summed E-state index contributed by atoms with van der Waals surface area (Å²) >= 11 is 5.99. The summed E-state index contributed by atoms with van der Waals surface area (Å²) in [6.45, 7) is 1.82. The van der Waals surface area contributed by atoms with Crippen LogP contribution >= 0.6 is 11.6 Å². The maximum absolute atomic E-state index is 12.2. The molecule has 0 aliphatic rings. The molecule has 0 radical (unpaired) electrons. The number of halogens is 1. The van der Waals surface area contributed by atoms with E-state index < -0.39 is 17.8 Å². The summed E-state index contributed by atoms with van der Waals surface area (Å²) in [6, 6.07) is 20.1. The summed E-state index contributed by atoms with van der Waals surface area (Å²) in [5, 5.41) is 6.59. The van der Waals surface area contributed by atoms with Crippen molar-refractivity contribution in [3.8, 4) is 5.75 Å². The second kappa shape index (κ2) is 10.2. The molecule has 31 heavy (non-hydrogen) atoms. The van der Waals surface area contributed by atoms with Crippen LogP contribution < -0.4 is 15.5 Å². The number of hydrogen-bond acceptors (Lipinski definition) is 5. The van der Waals surface area contributed by atoms with E-state index in [0.29, 0.717) is 22.0 Å². The van der Waals surface area contributed by atoms with Crippen LogP contribution in [0.4, 0.5) is 5.69 Å². The van der Waals surface area contributed by atoms with Gasteiger partial charge in [0.25, 0.3) is 0 Å². The lowest BCUT2D eigenvalue weighted by molar-refractivity contribution is -0.136. The Balaban J connectivity index is 1.53. The molecule has 3 rings (SSSR count). The standard InChI is InChI=1S/C23H18ClN3O4/c1-15-6-2-5-9-20(15)26-21(28)22(29)27-25-14-16-10-12-17(13-11-16)31-23(30)18-7-3-4-8-19(18)24/h2-14H,1H3,(H,26,28)(H,27,29)/b25-14-. The van der Waals surface area contributed by atoms with Gasteiger partial charge in [-0.05, 0) is 60.5 Å². The second-order valence-electron chi connectivity index (χ2n) is 6.41. The summed E-state index contributed by atoms with van der Waals surface area (Å²) in [6.07, 6.45) is 1.36. The van der Waals surface area contributed by atoms with Crippen molar-refractivity contribution in [2.45, 2.75) is 6.92 Å². The van der Waals surface area contributed by atoms with E-state index in [1.54, 1.807) is 60.7 Å². The third-order valence-electron chi connectivity index (χ3n) is 4.16. The minimum atomic E-state index is -0.898. The summed E-state index contributed by atoms with van der Waals surface area (Å²) < 4.78 is 5.29. The third-order valence-corrected chi connectivity index (χ3v) is 4.49. The number of hydrogen-bond donors (Lipinski definition) is 2. The third kappa shape index (κ3) is 6.01.